The van der Waals surface area contributed by atoms with Crippen molar-refractivity contribution in [2.75, 3.05) is 5.32 Å². The fourth-order valence-electron chi connectivity index (χ4n) is 2.15. The summed E-state index contributed by atoms with van der Waals surface area (Å²) in [6.45, 7) is 0. The normalized spacial score (nSPS) is 20.6. The van der Waals surface area contributed by atoms with Crippen LogP contribution >= 0.6 is 0 Å². The van der Waals surface area contributed by atoms with Crippen LogP contribution in [0, 0.1) is 11.8 Å². The molecule has 2 N–H and O–H groups in total. The maximum absolute atomic E-state index is 11.1. The molecule has 1 aromatic rings. The van der Waals surface area contributed by atoms with E-state index in [0.717, 1.165) is 17.7 Å². The van der Waals surface area contributed by atoms with Crippen LogP contribution in [0.3, 0.4) is 0 Å². The van der Waals surface area contributed by atoms with Gasteiger partial charge in [-0.3, -0.25) is 4.79 Å². The molecule has 0 atom stereocenters. The summed E-state index contributed by atoms with van der Waals surface area (Å²) in [6, 6.07) is 2.09. The first-order chi connectivity index (χ1) is 7.33. The second-order valence-corrected chi connectivity index (χ2v) is 4.64. The summed E-state index contributed by atoms with van der Waals surface area (Å²) in [5.74, 6) is 2.36. The van der Waals surface area contributed by atoms with E-state index in [2.05, 4.69) is 15.3 Å². The van der Waals surface area contributed by atoms with Crippen molar-refractivity contribution in [3.63, 3.8) is 0 Å². The van der Waals surface area contributed by atoms with Gasteiger partial charge in [-0.25, -0.2) is 4.98 Å². The summed E-state index contributed by atoms with van der Waals surface area (Å²) in [5, 5.41) is 3.41. The molecule has 0 amide bonds. The Bertz CT molecular complexity index is 394. The molecule has 80 valence electrons. The number of H-pyrrole nitrogens is 1. The number of aromatic amines is 1. The summed E-state index contributed by atoms with van der Waals surface area (Å²) < 4.78 is 0. The molecule has 0 radical (unpaired) electrons. The van der Waals surface area contributed by atoms with Crippen molar-refractivity contribution in [2.45, 2.75) is 31.7 Å². The SMILES string of the molecule is O=c1cc(NC(C2CC2)C2CC2)nc[nH]1. The molecular formula is C11H15N3O. The lowest BCUT2D eigenvalue weighted by atomic mass is 10.1. The van der Waals surface area contributed by atoms with Crippen molar-refractivity contribution < 1.29 is 0 Å². The summed E-state index contributed by atoms with van der Waals surface area (Å²) >= 11 is 0. The molecule has 3 rings (SSSR count). The summed E-state index contributed by atoms with van der Waals surface area (Å²) in [5.41, 5.74) is -0.0853. The van der Waals surface area contributed by atoms with E-state index < -0.39 is 0 Å². The Morgan fingerprint density at radius 1 is 1.33 bits per heavy atom. The quantitative estimate of drug-likeness (QED) is 0.780. The molecule has 15 heavy (non-hydrogen) atoms. The highest BCUT2D eigenvalue weighted by atomic mass is 16.1. The number of rotatable bonds is 4. The zero-order chi connectivity index (χ0) is 10.3. The van der Waals surface area contributed by atoms with Gasteiger partial charge in [0, 0.05) is 12.1 Å². The lowest BCUT2D eigenvalue weighted by Gasteiger charge is -2.17. The predicted molar refractivity (Wildman–Crippen MR) is 57.7 cm³/mol. The second kappa shape index (κ2) is 3.36. The number of aromatic nitrogens is 2. The summed E-state index contributed by atoms with van der Waals surface area (Å²) in [6.07, 6.45) is 6.78. The third-order valence-corrected chi connectivity index (χ3v) is 3.25. The molecule has 2 saturated carbocycles. The minimum absolute atomic E-state index is 0.0853. The van der Waals surface area contributed by atoms with Gasteiger partial charge in [-0.05, 0) is 37.5 Å². The summed E-state index contributed by atoms with van der Waals surface area (Å²) in [7, 11) is 0. The average molecular weight is 205 g/mol. The average Bonchev–Trinajstić information content (AvgIpc) is 3.07. The topological polar surface area (TPSA) is 57.8 Å². The molecule has 0 aliphatic heterocycles. The lowest BCUT2D eigenvalue weighted by Crippen LogP contribution is -2.25. The van der Waals surface area contributed by atoms with E-state index in [1.54, 1.807) is 0 Å². The maximum atomic E-state index is 11.1. The third kappa shape index (κ3) is 2.03. The first kappa shape index (κ1) is 8.95. The van der Waals surface area contributed by atoms with Gasteiger partial charge in [0.2, 0.25) is 0 Å². The zero-order valence-corrected chi connectivity index (χ0v) is 8.57. The van der Waals surface area contributed by atoms with Gasteiger partial charge in [0.25, 0.3) is 5.56 Å². The molecular weight excluding hydrogens is 190 g/mol. The van der Waals surface area contributed by atoms with Crippen molar-refractivity contribution in [1.29, 1.82) is 0 Å². The van der Waals surface area contributed by atoms with Crippen LogP contribution in [0.2, 0.25) is 0 Å². The van der Waals surface area contributed by atoms with Gasteiger partial charge in [0.1, 0.15) is 5.82 Å². The number of anilines is 1. The van der Waals surface area contributed by atoms with E-state index in [1.807, 2.05) is 0 Å². The molecule has 0 unspecified atom stereocenters. The van der Waals surface area contributed by atoms with Crippen molar-refractivity contribution in [1.82, 2.24) is 9.97 Å². The van der Waals surface area contributed by atoms with E-state index in [-0.39, 0.29) is 5.56 Å². The molecule has 0 aromatic carbocycles. The maximum Gasteiger partial charge on any atom is 0.252 e. The highest BCUT2D eigenvalue weighted by molar-refractivity contribution is 5.34. The Hall–Kier alpha value is -1.32. The van der Waals surface area contributed by atoms with E-state index in [4.69, 9.17) is 0 Å². The number of nitrogens with zero attached hydrogens (tertiary/aromatic N) is 1. The van der Waals surface area contributed by atoms with E-state index in [0.29, 0.717) is 6.04 Å². The van der Waals surface area contributed by atoms with E-state index >= 15 is 0 Å². The first-order valence-corrected chi connectivity index (χ1v) is 5.64. The Morgan fingerprint density at radius 3 is 2.53 bits per heavy atom. The number of hydrogen-bond donors (Lipinski definition) is 2. The van der Waals surface area contributed by atoms with Crippen molar-refractivity contribution in [2.24, 2.45) is 11.8 Å². The van der Waals surface area contributed by atoms with Crippen molar-refractivity contribution in [3.8, 4) is 0 Å². The van der Waals surface area contributed by atoms with Crippen LogP contribution in [0.5, 0.6) is 0 Å². The zero-order valence-electron chi connectivity index (χ0n) is 8.57. The van der Waals surface area contributed by atoms with Crippen LogP contribution in [0.1, 0.15) is 25.7 Å². The number of nitrogens with one attached hydrogen (secondary N) is 2. The first-order valence-electron chi connectivity index (χ1n) is 5.64. The highest BCUT2D eigenvalue weighted by Crippen LogP contribution is 2.45. The van der Waals surface area contributed by atoms with E-state index in [9.17, 15) is 4.79 Å². The van der Waals surface area contributed by atoms with Gasteiger partial charge in [0.15, 0.2) is 0 Å². The second-order valence-electron chi connectivity index (χ2n) is 4.64. The van der Waals surface area contributed by atoms with Gasteiger partial charge in [-0.1, -0.05) is 0 Å². The molecule has 4 heteroatoms. The van der Waals surface area contributed by atoms with Gasteiger partial charge in [-0.2, -0.15) is 0 Å². The molecule has 4 nitrogen and oxygen atoms in total. The van der Waals surface area contributed by atoms with Crippen LogP contribution in [-0.2, 0) is 0 Å². The van der Waals surface area contributed by atoms with E-state index in [1.165, 1.54) is 38.1 Å². The number of hydrogen-bond acceptors (Lipinski definition) is 3. The molecule has 2 fully saturated rings. The van der Waals surface area contributed by atoms with Gasteiger partial charge >= 0.3 is 0 Å². The van der Waals surface area contributed by atoms with Crippen LogP contribution in [0.4, 0.5) is 5.82 Å². The fourth-order valence-corrected chi connectivity index (χ4v) is 2.15. The molecule has 0 spiro atoms. The van der Waals surface area contributed by atoms with Gasteiger partial charge < -0.3 is 10.3 Å². The van der Waals surface area contributed by atoms with Gasteiger partial charge in [0.05, 0.1) is 6.33 Å². The minimum Gasteiger partial charge on any atom is -0.367 e. The molecule has 1 aromatic heterocycles. The Balaban J connectivity index is 1.74. The molecule has 1 heterocycles. The minimum atomic E-state index is -0.0853. The molecule has 2 aliphatic carbocycles. The molecule has 0 saturated heterocycles. The Morgan fingerprint density at radius 2 is 2.00 bits per heavy atom. The monoisotopic (exact) mass is 205 g/mol. The predicted octanol–water partition coefficient (Wildman–Crippen LogP) is 1.37. The van der Waals surface area contributed by atoms with Crippen LogP contribution < -0.4 is 10.9 Å². The van der Waals surface area contributed by atoms with Crippen LogP contribution in [-0.4, -0.2) is 16.0 Å². The third-order valence-electron chi connectivity index (χ3n) is 3.25. The van der Waals surface area contributed by atoms with Crippen molar-refractivity contribution >= 4 is 5.82 Å². The standard InChI is InChI=1S/C11H15N3O/c15-10-5-9(12-6-13-10)14-11(7-1-2-7)8-3-4-8/h5-8,11H,1-4H2,(H2,12,13,14,15). The van der Waals surface area contributed by atoms with Crippen molar-refractivity contribution in [3.05, 3.63) is 22.7 Å². The largest absolute Gasteiger partial charge is 0.367 e. The van der Waals surface area contributed by atoms with Gasteiger partial charge in [-0.15, -0.1) is 0 Å². The van der Waals surface area contributed by atoms with Crippen LogP contribution in [0.15, 0.2) is 17.2 Å². The smallest absolute Gasteiger partial charge is 0.252 e. The molecule has 2 aliphatic rings. The lowest BCUT2D eigenvalue weighted by molar-refractivity contribution is 0.565. The Kier molecular flexibility index (Phi) is 2.01. The summed E-state index contributed by atoms with van der Waals surface area (Å²) in [4.78, 5) is 17.8. The fraction of sp³-hybridized carbons (Fsp3) is 0.636. The van der Waals surface area contributed by atoms with Crippen LogP contribution in [0.25, 0.3) is 0 Å². The Labute approximate surface area is 88.1 Å². The molecule has 0 bridgehead atoms. The highest BCUT2D eigenvalue weighted by Gasteiger charge is 2.41.